The number of oxazole rings is 1. The van der Waals surface area contributed by atoms with Crippen molar-refractivity contribution < 1.29 is 18.7 Å². The number of hydrogen-bond acceptors (Lipinski definition) is 6. The topological polar surface area (TPSA) is 95.9 Å². The predicted octanol–water partition coefficient (Wildman–Crippen LogP) is 3.65. The molecule has 1 aromatic heterocycles. The highest BCUT2D eigenvalue weighted by Gasteiger charge is 2.33. The number of aryl methyl sites for hydroxylation is 1. The number of unbranched alkanes of at least 4 members (excludes halogenated alkanes) is 1. The van der Waals surface area contributed by atoms with Gasteiger partial charge in [0.2, 0.25) is 5.91 Å². The Labute approximate surface area is 207 Å². The van der Waals surface area contributed by atoms with E-state index >= 15 is 0 Å². The second-order valence-corrected chi connectivity index (χ2v) is 10.3. The minimum Gasteiger partial charge on any atom is -0.465 e. The van der Waals surface area contributed by atoms with Gasteiger partial charge in [-0.15, -0.1) is 0 Å². The van der Waals surface area contributed by atoms with Gasteiger partial charge in [0.15, 0.2) is 5.58 Å². The first kappa shape index (κ1) is 25.5. The number of carbonyl (C=O) groups excluding carboxylic acids is 2. The third kappa shape index (κ3) is 6.15. The molecular formula is C27H39N3O5. The zero-order chi connectivity index (χ0) is 24.9. The Kier molecular flexibility index (Phi) is 8.31. The lowest BCUT2D eigenvalue weighted by molar-refractivity contribution is -0.150. The minimum absolute atomic E-state index is 0.0273. The van der Waals surface area contributed by atoms with Crippen molar-refractivity contribution in [3.05, 3.63) is 33.8 Å². The number of H-pyrrole nitrogens is 1. The van der Waals surface area contributed by atoms with Crippen molar-refractivity contribution in [3.8, 4) is 0 Å². The molecule has 2 saturated heterocycles. The summed E-state index contributed by atoms with van der Waals surface area (Å²) in [7, 11) is 0. The molecule has 1 atom stereocenters. The van der Waals surface area contributed by atoms with Gasteiger partial charge in [-0.3, -0.25) is 14.6 Å². The van der Waals surface area contributed by atoms with Gasteiger partial charge in [-0.05, 0) is 75.7 Å². The Morgan fingerprint density at radius 3 is 2.54 bits per heavy atom. The van der Waals surface area contributed by atoms with Gasteiger partial charge < -0.3 is 19.0 Å². The lowest BCUT2D eigenvalue weighted by atomic mass is 9.92. The largest absolute Gasteiger partial charge is 0.465 e. The van der Waals surface area contributed by atoms with Crippen molar-refractivity contribution in [3.63, 3.8) is 0 Å². The van der Waals surface area contributed by atoms with Crippen LogP contribution in [0.25, 0.3) is 11.1 Å². The summed E-state index contributed by atoms with van der Waals surface area (Å²) in [4.78, 5) is 44.1. The molecule has 2 aliphatic heterocycles. The third-order valence-electron chi connectivity index (χ3n) is 7.65. The lowest BCUT2D eigenvalue weighted by Crippen LogP contribution is -2.50. The molecule has 3 heterocycles. The van der Waals surface area contributed by atoms with E-state index in [2.05, 4.69) is 16.8 Å². The second kappa shape index (κ2) is 11.4. The predicted molar refractivity (Wildman–Crippen MR) is 134 cm³/mol. The zero-order valence-electron chi connectivity index (χ0n) is 21.3. The maximum absolute atomic E-state index is 13.1. The lowest BCUT2D eigenvalue weighted by Gasteiger charge is -2.41. The highest BCUT2D eigenvalue weighted by Crippen LogP contribution is 2.26. The number of aromatic amines is 1. The molecule has 8 heteroatoms. The van der Waals surface area contributed by atoms with E-state index < -0.39 is 5.76 Å². The number of amides is 1. The van der Waals surface area contributed by atoms with Gasteiger partial charge in [0, 0.05) is 25.0 Å². The molecule has 0 aliphatic carbocycles. The van der Waals surface area contributed by atoms with Crippen molar-refractivity contribution in [1.82, 2.24) is 14.8 Å². The van der Waals surface area contributed by atoms with Crippen LogP contribution < -0.4 is 5.76 Å². The average Bonchev–Trinajstić information content (AvgIpc) is 3.24. The van der Waals surface area contributed by atoms with Crippen LogP contribution in [-0.4, -0.2) is 65.5 Å². The number of ether oxygens (including phenoxy) is 1. The first-order valence-corrected chi connectivity index (χ1v) is 13.2. The highest BCUT2D eigenvalue weighted by molar-refractivity contribution is 5.80. The van der Waals surface area contributed by atoms with E-state index in [-0.39, 0.29) is 23.7 Å². The van der Waals surface area contributed by atoms with Crippen LogP contribution >= 0.6 is 0 Å². The summed E-state index contributed by atoms with van der Waals surface area (Å²) in [6.45, 7) is 9.96. The number of aromatic nitrogens is 1. The number of fused-ring (bicyclic) bond motifs is 1. The van der Waals surface area contributed by atoms with Gasteiger partial charge in [0.05, 0.1) is 18.0 Å². The van der Waals surface area contributed by atoms with Gasteiger partial charge in [0.1, 0.15) is 0 Å². The van der Waals surface area contributed by atoms with Crippen LogP contribution in [0.5, 0.6) is 0 Å². The molecule has 35 heavy (non-hydrogen) atoms. The Balaban J connectivity index is 1.23. The maximum Gasteiger partial charge on any atom is 0.417 e. The first-order chi connectivity index (χ1) is 16.9. The molecule has 2 aromatic rings. The van der Waals surface area contributed by atoms with Crippen LogP contribution in [0.1, 0.15) is 63.5 Å². The molecule has 0 bridgehead atoms. The number of nitrogens with zero attached hydrogens (tertiary/aromatic N) is 2. The van der Waals surface area contributed by atoms with Crippen LogP contribution in [0.2, 0.25) is 0 Å². The van der Waals surface area contributed by atoms with E-state index in [1.807, 2.05) is 30.9 Å². The number of rotatable bonds is 8. The minimum atomic E-state index is -0.455. The smallest absolute Gasteiger partial charge is 0.417 e. The first-order valence-electron chi connectivity index (χ1n) is 13.2. The van der Waals surface area contributed by atoms with Crippen LogP contribution in [0.15, 0.2) is 21.3 Å². The van der Waals surface area contributed by atoms with Crippen molar-refractivity contribution in [1.29, 1.82) is 0 Å². The van der Waals surface area contributed by atoms with Crippen LogP contribution in [0, 0.1) is 18.8 Å². The molecule has 192 valence electrons. The number of hydrogen-bond donors (Lipinski definition) is 1. The van der Waals surface area contributed by atoms with Gasteiger partial charge in [-0.2, -0.15) is 0 Å². The molecule has 1 aromatic carbocycles. The van der Waals surface area contributed by atoms with Gasteiger partial charge in [0.25, 0.3) is 0 Å². The maximum atomic E-state index is 13.1. The fraction of sp³-hybridized carbons (Fsp3) is 0.667. The summed E-state index contributed by atoms with van der Waals surface area (Å²) in [5, 5.41) is 0. The number of carbonyl (C=O) groups is 2. The van der Waals surface area contributed by atoms with Crippen LogP contribution in [0.4, 0.5) is 0 Å². The van der Waals surface area contributed by atoms with Crippen molar-refractivity contribution in [2.45, 2.75) is 71.8 Å². The zero-order valence-corrected chi connectivity index (χ0v) is 21.3. The fourth-order valence-corrected chi connectivity index (χ4v) is 5.55. The van der Waals surface area contributed by atoms with Crippen molar-refractivity contribution in [2.75, 3.05) is 32.8 Å². The summed E-state index contributed by atoms with van der Waals surface area (Å²) in [5.74, 6) is -0.398. The van der Waals surface area contributed by atoms with Crippen molar-refractivity contribution in [2.24, 2.45) is 11.8 Å². The van der Waals surface area contributed by atoms with Gasteiger partial charge >= 0.3 is 11.7 Å². The number of likely N-dealkylation sites (tertiary alicyclic amines) is 2. The molecule has 0 saturated carbocycles. The SMILES string of the molecule is CCCCOC(=O)C1CCN(C2CCN(C(=O)[C@H](C)Cc3cc(C)c4[nH]c(=O)oc4c3)CC2)CC1. The normalized spacial score (nSPS) is 19.2. The fourth-order valence-electron chi connectivity index (χ4n) is 5.55. The summed E-state index contributed by atoms with van der Waals surface area (Å²) in [6, 6.07) is 4.36. The molecular weight excluding hydrogens is 446 g/mol. The molecule has 1 amide bonds. The number of benzene rings is 1. The summed E-state index contributed by atoms with van der Waals surface area (Å²) < 4.78 is 10.6. The van der Waals surface area contributed by atoms with Gasteiger partial charge in [-0.25, -0.2) is 4.79 Å². The highest BCUT2D eigenvalue weighted by atomic mass is 16.5. The number of piperidine rings is 2. The monoisotopic (exact) mass is 485 g/mol. The standard InChI is InChI=1S/C27H39N3O5/c1-4-5-14-34-26(32)21-6-10-29(11-7-21)22-8-12-30(13-9-22)25(31)19(3)16-20-15-18(2)24-23(17-20)35-27(33)28-24/h15,17,19,21-22H,4-14,16H2,1-3H3,(H,28,33)/t19-/m1/s1. The van der Waals surface area contributed by atoms with E-state index in [1.54, 1.807) is 0 Å². The van der Waals surface area contributed by atoms with E-state index in [0.29, 0.717) is 24.7 Å². The summed E-state index contributed by atoms with van der Waals surface area (Å²) in [5.41, 5.74) is 3.21. The number of esters is 1. The summed E-state index contributed by atoms with van der Waals surface area (Å²) >= 11 is 0. The average molecular weight is 486 g/mol. The molecule has 0 unspecified atom stereocenters. The number of nitrogens with one attached hydrogen (secondary N) is 1. The Bertz CT molecular complexity index is 1070. The Morgan fingerprint density at radius 2 is 1.86 bits per heavy atom. The van der Waals surface area contributed by atoms with Crippen molar-refractivity contribution >= 4 is 23.0 Å². The Morgan fingerprint density at radius 1 is 1.14 bits per heavy atom. The molecule has 8 nitrogen and oxygen atoms in total. The molecule has 2 fully saturated rings. The van der Waals surface area contributed by atoms with E-state index in [4.69, 9.17) is 9.15 Å². The van der Waals surface area contributed by atoms with E-state index in [0.717, 1.165) is 81.3 Å². The second-order valence-electron chi connectivity index (χ2n) is 10.3. The summed E-state index contributed by atoms with van der Waals surface area (Å²) in [6.07, 6.45) is 6.27. The van der Waals surface area contributed by atoms with Gasteiger partial charge in [-0.1, -0.05) is 26.3 Å². The Hall–Kier alpha value is -2.61. The van der Waals surface area contributed by atoms with E-state index in [1.165, 1.54) is 0 Å². The quantitative estimate of drug-likeness (QED) is 0.453. The molecule has 0 spiro atoms. The van der Waals surface area contributed by atoms with Crippen LogP contribution in [0.3, 0.4) is 0 Å². The third-order valence-corrected chi connectivity index (χ3v) is 7.65. The van der Waals surface area contributed by atoms with E-state index in [9.17, 15) is 14.4 Å². The molecule has 1 N–H and O–H groups in total. The molecule has 4 rings (SSSR count). The molecule has 2 aliphatic rings. The van der Waals surface area contributed by atoms with Crippen LogP contribution in [-0.2, 0) is 20.7 Å². The molecule has 0 radical (unpaired) electrons.